The van der Waals surface area contributed by atoms with Crippen molar-refractivity contribution in [2.24, 2.45) is 11.1 Å². The summed E-state index contributed by atoms with van der Waals surface area (Å²) in [6.07, 6.45) is 1.54. The molecule has 1 N–H and O–H groups in total. The Morgan fingerprint density at radius 3 is 2.75 bits per heavy atom. The maximum Gasteiger partial charge on any atom is 0.367 e. The van der Waals surface area contributed by atoms with E-state index < -0.39 is 5.97 Å². The molecule has 4 nitrogen and oxygen atoms in total. The summed E-state index contributed by atoms with van der Waals surface area (Å²) in [5, 5.41) is 14.3. The molecule has 0 aromatic heterocycles. The number of fused-ring (bicyclic) bond motifs is 1. The molecule has 1 aliphatic carbocycles. The molecule has 0 radical (unpaired) electrons. The molecule has 0 heterocycles. The van der Waals surface area contributed by atoms with Gasteiger partial charge in [-0.3, -0.25) is 0 Å². The highest BCUT2D eigenvalue weighted by molar-refractivity contribution is 6.36. The van der Waals surface area contributed by atoms with Gasteiger partial charge in [-0.15, -0.1) is 0 Å². The van der Waals surface area contributed by atoms with E-state index in [-0.39, 0.29) is 16.3 Å². The Balaban J connectivity index is 1.85. The first-order valence-corrected chi connectivity index (χ1v) is 8.25. The van der Waals surface area contributed by atoms with Crippen LogP contribution in [0.5, 0.6) is 5.75 Å². The lowest BCUT2D eigenvalue weighted by Gasteiger charge is -2.22. The predicted molar refractivity (Wildman–Crippen MR) is 94.0 cm³/mol. The average molecular weight is 364 g/mol. The van der Waals surface area contributed by atoms with Crippen molar-refractivity contribution in [1.29, 1.82) is 0 Å². The summed E-state index contributed by atoms with van der Waals surface area (Å²) in [6.45, 7) is 2.08. The lowest BCUT2D eigenvalue weighted by atomic mass is 9.83. The minimum atomic E-state index is -0.636. The van der Waals surface area contributed by atoms with Crippen molar-refractivity contribution in [1.82, 2.24) is 0 Å². The van der Waals surface area contributed by atoms with Gasteiger partial charge in [0.15, 0.2) is 0 Å². The highest BCUT2D eigenvalue weighted by Crippen LogP contribution is 2.29. The van der Waals surface area contributed by atoms with Crippen LogP contribution in [0.15, 0.2) is 41.6 Å². The third-order valence-corrected chi connectivity index (χ3v) is 4.45. The number of oxime groups is 1. The topological polar surface area (TPSA) is 58.9 Å². The zero-order valence-corrected chi connectivity index (χ0v) is 14.4. The maximum atomic E-state index is 12.2. The van der Waals surface area contributed by atoms with Crippen LogP contribution in [0.25, 0.3) is 0 Å². The molecule has 2 aromatic rings. The van der Waals surface area contributed by atoms with Crippen LogP contribution < -0.4 is 0 Å². The second-order valence-corrected chi connectivity index (χ2v) is 6.74. The summed E-state index contributed by atoms with van der Waals surface area (Å²) < 4.78 is 0. The zero-order chi connectivity index (χ0) is 17.3. The first kappa shape index (κ1) is 16.8. The van der Waals surface area contributed by atoms with E-state index in [1.165, 1.54) is 12.1 Å². The minimum Gasteiger partial charge on any atom is -0.508 e. The standard InChI is InChI=1S/C18H15Cl2NO3/c1-10-6-11-8-13(22)3-5-14(11)17(7-10)21-24-18(23)15-4-2-12(19)9-16(15)20/h2-5,8-10,22H,6-7H2,1H3. The summed E-state index contributed by atoms with van der Waals surface area (Å²) in [7, 11) is 0. The van der Waals surface area contributed by atoms with Crippen molar-refractivity contribution < 1.29 is 14.7 Å². The molecule has 0 aliphatic heterocycles. The van der Waals surface area contributed by atoms with Gasteiger partial charge >= 0.3 is 5.97 Å². The Kier molecular flexibility index (Phi) is 4.78. The molecule has 0 saturated carbocycles. The van der Waals surface area contributed by atoms with Gasteiger partial charge in [0.05, 0.1) is 16.3 Å². The van der Waals surface area contributed by atoms with Crippen molar-refractivity contribution in [3.8, 4) is 5.75 Å². The van der Waals surface area contributed by atoms with E-state index in [0.29, 0.717) is 23.1 Å². The van der Waals surface area contributed by atoms with E-state index in [1.54, 1.807) is 24.3 Å². The summed E-state index contributed by atoms with van der Waals surface area (Å²) >= 11 is 11.8. The van der Waals surface area contributed by atoms with E-state index in [9.17, 15) is 9.90 Å². The largest absolute Gasteiger partial charge is 0.508 e. The second-order valence-electron chi connectivity index (χ2n) is 5.90. The maximum absolute atomic E-state index is 12.2. The molecule has 1 atom stereocenters. The van der Waals surface area contributed by atoms with Crippen molar-refractivity contribution in [3.63, 3.8) is 0 Å². The first-order chi connectivity index (χ1) is 11.4. The number of carbonyl (C=O) groups excluding carboxylic acids is 1. The van der Waals surface area contributed by atoms with Crippen LogP contribution in [0.1, 0.15) is 34.8 Å². The van der Waals surface area contributed by atoms with Crippen molar-refractivity contribution in [3.05, 3.63) is 63.1 Å². The smallest absolute Gasteiger partial charge is 0.367 e. The highest BCUT2D eigenvalue weighted by Gasteiger charge is 2.22. The average Bonchev–Trinajstić information content (AvgIpc) is 2.51. The molecule has 24 heavy (non-hydrogen) atoms. The highest BCUT2D eigenvalue weighted by atomic mass is 35.5. The Morgan fingerprint density at radius 2 is 2.00 bits per heavy atom. The normalized spacial score (nSPS) is 18.3. The van der Waals surface area contributed by atoms with Crippen LogP contribution in [0.2, 0.25) is 10.0 Å². The minimum absolute atomic E-state index is 0.209. The van der Waals surface area contributed by atoms with Crippen LogP contribution in [-0.4, -0.2) is 16.8 Å². The van der Waals surface area contributed by atoms with Crippen molar-refractivity contribution >= 4 is 34.9 Å². The first-order valence-electron chi connectivity index (χ1n) is 7.49. The van der Waals surface area contributed by atoms with Crippen LogP contribution >= 0.6 is 23.2 Å². The fourth-order valence-electron chi connectivity index (χ4n) is 2.81. The number of phenolic OH excluding ortho intramolecular Hbond substituents is 1. The number of benzene rings is 2. The number of hydrogen-bond donors (Lipinski definition) is 1. The van der Waals surface area contributed by atoms with Crippen LogP contribution in [0.4, 0.5) is 0 Å². The van der Waals surface area contributed by atoms with Gasteiger partial charge in [0.25, 0.3) is 0 Å². The van der Waals surface area contributed by atoms with Crippen molar-refractivity contribution in [2.75, 3.05) is 0 Å². The summed E-state index contributed by atoms with van der Waals surface area (Å²) in [5.74, 6) is -0.0780. The fraction of sp³-hybridized carbons (Fsp3) is 0.222. The van der Waals surface area contributed by atoms with Crippen LogP contribution in [0.3, 0.4) is 0 Å². The summed E-state index contributed by atoms with van der Waals surface area (Å²) in [4.78, 5) is 17.3. The van der Waals surface area contributed by atoms with E-state index in [0.717, 1.165) is 17.5 Å². The second kappa shape index (κ2) is 6.83. The molecule has 0 amide bonds. The molecular formula is C18H15Cl2NO3. The van der Waals surface area contributed by atoms with Gasteiger partial charge in [-0.25, -0.2) is 4.79 Å². The number of nitrogens with zero attached hydrogens (tertiary/aromatic N) is 1. The molecule has 124 valence electrons. The van der Waals surface area contributed by atoms with E-state index in [1.807, 2.05) is 0 Å². The lowest BCUT2D eigenvalue weighted by Crippen LogP contribution is -2.19. The molecule has 0 fully saturated rings. The number of phenols is 1. The Labute approximate surface area is 149 Å². The number of rotatable bonds is 2. The Morgan fingerprint density at radius 1 is 1.21 bits per heavy atom. The van der Waals surface area contributed by atoms with Gasteiger partial charge in [0.1, 0.15) is 5.75 Å². The van der Waals surface area contributed by atoms with Gasteiger partial charge < -0.3 is 9.94 Å². The summed E-state index contributed by atoms with van der Waals surface area (Å²) in [5.41, 5.74) is 2.77. The van der Waals surface area contributed by atoms with Gasteiger partial charge in [-0.1, -0.05) is 35.3 Å². The summed E-state index contributed by atoms with van der Waals surface area (Å²) in [6, 6.07) is 9.66. The van der Waals surface area contributed by atoms with Crippen LogP contribution in [-0.2, 0) is 11.3 Å². The van der Waals surface area contributed by atoms with E-state index in [2.05, 4.69) is 12.1 Å². The van der Waals surface area contributed by atoms with Crippen LogP contribution in [0, 0.1) is 5.92 Å². The van der Waals surface area contributed by atoms with E-state index in [4.69, 9.17) is 28.0 Å². The molecule has 3 rings (SSSR count). The molecule has 0 saturated heterocycles. The Hall–Kier alpha value is -2.04. The molecule has 0 bridgehead atoms. The van der Waals surface area contributed by atoms with Gasteiger partial charge in [-0.2, -0.15) is 0 Å². The monoisotopic (exact) mass is 363 g/mol. The number of halogens is 2. The quantitative estimate of drug-likeness (QED) is 0.613. The van der Waals surface area contributed by atoms with Gasteiger partial charge in [-0.05, 0) is 60.7 Å². The number of hydrogen-bond acceptors (Lipinski definition) is 4. The van der Waals surface area contributed by atoms with Gasteiger partial charge in [0, 0.05) is 10.6 Å². The molecule has 6 heteroatoms. The Bertz CT molecular complexity index is 833. The zero-order valence-electron chi connectivity index (χ0n) is 12.9. The number of carbonyl (C=O) groups is 1. The third kappa shape index (κ3) is 3.55. The third-order valence-electron chi connectivity index (χ3n) is 3.90. The molecular weight excluding hydrogens is 349 g/mol. The lowest BCUT2D eigenvalue weighted by molar-refractivity contribution is 0.0515. The van der Waals surface area contributed by atoms with E-state index >= 15 is 0 Å². The van der Waals surface area contributed by atoms with Gasteiger partial charge in [0.2, 0.25) is 0 Å². The predicted octanol–water partition coefficient (Wildman–Crippen LogP) is 4.84. The molecule has 1 unspecified atom stereocenters. The molecule has 1 aliphatic rings. The van der Waals surface area contributed by atoms with Crippen molar-refractivity contribution in [2.45, 2.75) is 19.8 Å². The molecule has 2 aromatic carbocycles. The molecule has 0 spiro atoms. The number of aromatic hydroxyl groups is 1. The SMILES string of the molecule is CC1CC(=NOC(=O)c2ccc(Cl)cc2Cl)c2ccc(O)cc2C1. The fourth-order valence-corrected chi connectivity index (χ4v) is 3.29.